The van der Waals surface area contributed by atoms with Gasteiger partial charge in [0.15, 0.2) is 0 Å². The molecular formula is C15H20O3. The average Bonchev–Trinajstić information content (AvgIpc) is 2.41. The van der Waals surface area contributed by atoms with E-state index in [9.17, 15) is 4.79 Å². The average molecular weight is 248 g/mol. The second-order valence-electron chi connectivity index (χ2n) is 4.69. The maximum Gasteiger partial charge on any atom is 0.350 e. The number of para-hydroxylation sites is 1. The SMILES string of the molecule is CCOC(=O)C1(Oc2ccccc2)CCCCC1. The Labute approximate surface area is 108 Å². The van der Waals surface area contributed by atoms with Crippen molar-refractivity contribution < 1.29 is 14.3 Å². The first kappa shape index (κ1) is 12.9. The van der Waals surface area contributed by atoms with Gasteiger partial charge in [0.25, 0.3) is 0 Å². The lowest BCUT2D eigenvalue weighted by Gasteiger charge is -2.35. The van der Waals surface area contributed by atoms with Crippen LogP contribution in [0.1, 0.15) is 39.0 Å². The van der Waals surface area contributed by atoms with Gasteiger partial charge in [0.1, 0.15) is 5.75 Å². The molecule has 1 aromatic carbocycles. The standard InChI is InChI=1S/C15H20O3/c1-2-17-14(16)15(11-7-4-8-12-15)18-13-9-5-3-6-10-13/h3,5-6,9-10H,2,4,7-8,11-12H2,1H3. The van der Waals surface area contributed by atoms with Crippen molar-refractivity contribution in [3.05, 3.63) is 30.3 Å². The van der Waals surface area contributed by atoms with Crippen LogP contribution < -0.4 is 4.74 Å². The summed E-state index contributed by atoms with van der Waals surface area (Å²) in [4.78, 5) is 12.2. The third-order valence-corrected chi connectivity index (χ3v) is 3.37. The monoisotopic (exact) mass is 248 g/mol. The number of esters is 1. The minimum absolute atomic E-state index is 0.214. The summed E-state index contributed by atoms with van der Waals surface area (Å²) in [6.07, 6.45) is 4.71. The van der Waals surface area contributed by atoms with Crippen LogP contribution in [-0.4, -0.2) is 18.2 Å². The topological polar surface area (TPSA) is 35.5 Å². The second-order valence-corrected chi connectivity index (χ2v) is 4.69. The fourth-order valence-corrected chi connectivity index (χ4v) is 2.45. The molecule has 0 saturated heterocycles. The highest BCUT2D eigenvalue weighted by atomic mass is 16.6. The molecule has 0 radical (unpaired) electrons. The van der Waals surface area contributed by atoms with Gasteiger partial charge < -0.3 is 9.47 Å². The molecule has 1 aliphatic carbocycles. The van der Waals surface area contributed by atoms with Crippen LogP contribution in [0.15, 0.2) is 30.3 Å². The molecule has 0 aromatic heterocycles. The van der Waals surface area contributed by atoms with Crippen molar-refractivity contribution >= 4 is 5.97 Å². The van der Waals surface area contributed by atoms with Crippen molar-refractivity contribution in [3.8, 4) is 5.75 Å². The van der Waals surface area contributed by atoms with Crippen molar-refractivity contribution in [2.24, 2.45) is 0 Å². The molecule has 3 heteroatoms. The van der Waals surface area contributed by atoms with E-state index in [-0.39, 0.29) is 5.97 Å². The predicted molar refractivity (Wildman–Crippen MR) is 69.5 cm³/mol. The zero-order valence-corrected chi connectivity index (χ0v) is 10.9. The zero-order valence-electron chi connectivity index (χ0n) is 10.9. The summed E-state index contributed by atoms with van der Waals surface area (Å²) in [5.74, 6) is 0.529. The van der Waals surface area contributed by atoms with Gasteiger partial charge in [-0.2, -0.15) is 0 Å². The van der Waals surface area contributed by atoms with Gasteiger partial charge in [-0.05, 0) is 44.7 Å². The first-order valence-electron chi connectivity index (χ1n) is 6.68. The number of carbonyl (C=O) groups is 1. The van der Waals surface area contributed by atoms with Crippen LogP contribution in [0.25, 0.3) is 0 Å². The normalized spacial score (nSPS) is 18.1. The molecule has 98 valence electrons. The van der Waals surface area contributed by atoms with Gasteiger partial charge in [-0.15, -0.1) is 0 Å². The van der Waals surface area contributed by atoms with E-state index in [1.165, 1.54) is 6.42 Å². The quantitative estimate of drug-likeness (QED) is 0.767. The molecule has 0 heterocycles. The molecule has 1 saturated carbocycles. The number of ether oxygens (including phenoxy) is 2. The Morgan fingerprint density at radius 2 is 1.83 bits per heavy atom. The van der Waals surface area contributed by atoms with Crippen LogP contribution in [0.4, 0.5) is 0 Å². The fraction of sp³-hybridized carbons (Fsp3) is 0.533. The Hall–Kier alpha value is -1.51. The van der Waals surface area contributed by atoms with E-state index >= 15 is 0 Å². The van der Waals surface area contributed by atoms with E-state index in [0.717, 1.165) is 31.4 Å². The van der Waals surface area contributed by atoms with Crippen LogP contribution >= 0.6 is 0 Å². The number of hydrogen-bond acceptors (Lipinski definition) is 3. The minimum Gasteiger partial charge on any atom is -0.476 e. The largest absolute Gasteiger partial charge is 0.476 e. The molecule has 0 unspecified atom stereocenters. The molecule has 18 heavy (non-hydrogen) atoms. The highest BCUT2D eigenvalue weighted by molar-refractivity contribution is 5.80. The van der Waals surface area contributed by atoms with Crippen LogP contribution in [-0.2, 0) is 9.53 Å². The van der Waals surface area contributed by atoms with Crippen molar-refractivity contribution in [1.82, 2.24) is 0 Å². The second kappa shape index (κ2) is 5.89. The summed E-state index contributed by atoms with van der Waals surface area (Å²) in [7, 11) is 0. The molecule has 1 fully saturated rings. The molecule has 2 rings (SSSR count). The van der Waals surface area contributed by atoms with E-state index in [0.29, 0.717) is 6.61 Å². The highest BCUT2D eigenvalue weighted by Gasteiger charge is 2.43. The van der Waals surface area contributed by atoms with Gasteiger partial charge in [0, 0.05) is 0 Å². The Balaban J connectivity index is 2.16. The maximum absolute atomic E-state index is 12.2. The van der Waals surface area contributed by atoms with Gasteiger partial charge in [0.05, 0.1) is 6.61 Å². The Kier molecular flexibility index (Phi) is 4.24. The Bertz CT molecular complexity index is 380. The van der Waals surface area contributed by atoms with Crippen molar-refractivity contribution in [3.63, 3.8) is 0 Å². The molecule has 1 aliphatic rings. The lowest BCUT2D eigenvalue weighted by atomic mass is 9.84. The van der Waals surface area contributed by atoms with E-state index < -0.39 is 5.60 Å². The third-order valence-electron chi connectivity index (χ3n) is 3.37. The first-order chi connectivity index (χ1) is 8.77. The summed E-state index contributed by atoms with van der Waals surface area (Å²) in [6, 6.07) is 9.53. The molecule has 0 atom stereocenters. The number of benzene rings is 1. The summed E-state index contributed by atoms with van der Waals surface area (Å²) < 4.78 is 11.2. The summed E-state index contributed by atoms with van der Waals surface area (Å²) in [6.45, 7) is 2.23. The molecule has 0 spiro atoms. The molecule has 0 amide bonds. The van der Waals surface area contributed by atoms with Crippen LogP contribution in [0.2, 0.25) is 0 Å². The lowest BCUT2D eigenvalue weighted by Crippen LogP contribution is -2.47. The lowest BCUT2D eigenvalue weighted by molar-refractivity contribution is -0.164. The van der Waals surface area contributed by atoms with Gasteiger partial charge in [-0.1, -0.05) is 24.6 Å². The number of hydrogen-bond donors (Lipinski definition) is 0. The molecule has 0 aliphatic heterocycles. The molecular weight excluding hydrogens is 228 g/mol. The maximum atomic E-state index is 12.2. The number of carbonyl (C=O) groups excluding carboxylic acids is 1. The smallest absolute Gasteiger partial charge is 0.350 e. The van der Waals surface area contributed by atoms with E-state index in [1.807, 2.05) is 37.3 Å². The van der Waals surface area contributed by atoms with Crippen LogP contribution in [0.3, 0.4) is 0 Å². The van der Waals surface area contributed by atoms with Crippen molar-refractivity contribution in [2.45, 2.75) is 44.6 Å². The summed E-state index contributed by atoms with van der Waals surface area (Å²) in [5, 5.41) is 0. The van der Waals surface area contributed by atoms with Crippen LogP contribution in [0.5, 0.6) is 5.75 Å². The highest BCUT2D eigenvalue weighted by Crippen LogP contribution is 2.34. The third kappa shape index (κ3) is 2.84. The predicted octanol–water partition coefficient (Wildman–Crippen LogP) is 3.33. The summed E-state index contributed by atoms with van der Waals surface area (Å²) in [5.41, 5.74) is -0.768. The van der Waals surface area contributed by atoms with Crippen molar-refractivity contribution in [2.75, 3.05) is 6.61 Å². The number of rotatable bonds is 4. The van der Waals surface area contributed by atoms with Crippen LogP contribution in [0, 0.1) is 0 Å². The Morgan fingerprint density at radius 3 is 2.44 bits per heavy atom. The van der Waals surface area contributed by atoms with Crippen molar-refractivity contribution in [1.29, 1.82) is 0 Å². The van der Waals surface area contributed by atoms with Gasteiger partial charge in [-0.25, -0.2) is 4.79 Å². The van der Waals surface area contributed by atoms with Gasteiger partial charge in [-0.3, -0.25) is 0 Å². The van der Waals surface area contributed by atoms with Gasteiger partial charge in [0.2, 0.25) is 5.60 Å². The van der Waals surface area contributed by atoms with E-state index in [1.54, 1.807) is 0 Å². The van der Waals surface area contributed by atoms with E-state index in [2.05, 4.69) is 0 Å². The Morgan fingerprint density at radius 1 is 1.17 bits per heavy atom. The fourth-order valence-electron chi connectivity index (χ4n) is 2.45. The minimum atomic E-state index is -0.768. The molecule has 1 aromatic rings. The van der Waals surface area contributed by atoms with E-state index in [4.69, 9.17) is 9.47 Å². The first-order valence-corrected chi connectivity index (χ1v) is 6.68. The molecule has 0 bridgehead atoms. The summed E-state index contributed by atoms with van der Waals surface area (Å²) >= 11 is 0. The van der Waals surface area contributed by atoms with Gasteiger partial charge >= 0.3 is 5.97 Å². The molecule has 0 N–H and O–H groups in total. The molecule has 3 nitrogen and oxygen atoms in total. The zero-order chi connectivity index (χ0) is 12.8.